The SMILES string of the molecule is C[C@H](C(=O)Nc1ccc2[nH]c(=O)[nH]c2c1)[NH+]1CCC(c2nc3ccccc3s2)CC1. The largest absolute Gasteiger partial charge is 0.325 e. The fourth-order valence-electron chi connectivity index (χ4n) is 4.28. The van der Waals surface area contributed by atoms with Crippen LogP contribution in [0.2, 0.25) is 0 Å². The van der Waals surface area contributed by atoms with Crippen LogP contribution in [-0.2, 0) is 4.79 Å². The minimum atomic E-state index is -0.248. The zero-order valence-electron chi connectivity index (χ0n) is 16.7. The summed E-state index contributed by atoms with van der Waals surface area (Å²) < 4.78 is 1.25. The van der Waals surface area contributed by atoms with E-state index in [1.54, 1.807) is 23.5 Å². The number of aromatic amines is 2. The van der Waals surface area contributed by atoms with E-state index in [1.807, 2.05) is 19.1 Å². The molecule has 4 aromatic rings. The van der Waals surface area contributed by atoms with Gasteiger partial charge in [-0.05, 0) is 37.3 Å². The van der Waals surface area contributed by atoms with Crippen LogP contribution in [0.15, 0.2) is 47.3 Å². The molecule has 1 saturated heterocycles. The minimum Gasteiger partial charge on any atom is -0.325 e. The van der Waals surface area contributed by atoms with Gasteiger partial charge in [0.15, 0.2) is 6.04 Å². The molecule has 154 valence electrons. The number of imidazole rings is 1. The van der Waals surface area contributed by atoms with Crippen LogP contribution < -0.4 is 15.9 Å². The number of likely N-dealkylation sites (tertiary alicyclic amines) is 1. The van der Waals surface area contributed by atoms with E-state index in [-0.39, 0.29) is 17.6 Å². The molecule has 0 bridgehead atoms. The number of amides is 1. The second kappa shape index (κ2) is 7.70. The lowest BCUT2D eigenvalue weighted by molar-refractivity contribution is -0.919. The maximum atomic E-state index is 12.8. The number of H-pyrrole nitrogens is 2. The predicted octanol–water partition coefficient (Wildman–Crippen LogP) is 2.26. The number of carbonyl (C=O) groups is 1. The molecule has 1 fully saturated rings. The minimum absolute atomic E-state index is 0.000620. The number of aromatic nitrogens is 3. The number of hydrogen-bond acceptors (Lipinski definition) is 4. The van der Waals surface area contributed by atoms with Gasteiger partial charge in [-0.15, -0.1) is 11.3 Å². The Bertz CT molecular complexity index is 1230. The Morgan fingerprint density at radius 2 is 1.93 bits per heavy atom. The van der Waals surface area contributed by atoms with Crippen LogP contribution in [0, 0.1) is 0 Å². The standard InChI is InChI=1S/C22H23N5O2S/c1-13(20(28)23-15-6-7-16-18(12-15)26-22(29)25-16)27-10-8-14(9-11-27)21-24-17-4-2-3-5-19(17)30-21/h2-7,12-14H,8-11H2,1H3,(H,23,28)(H2,25,26,29)/p+1/t13-/m1/s1. The van der Waals surface area contributed by atoms with E-state index in [0.29, 0.717) is 17.1 Å². The zero-order chi connectivity index (χ0) is 20.7. The number of rotatable bonds is 4. The van der Waals surface area contributed by atoms with Gasteiger partial charge in [0.25, 0.3) is 5.91 Å². The predicted molar refractivity (Wildman–Crippen MR) is 119 cm³/mol. The van der Waals surface area contributed by atoms with Crippen molar-refractivity contribution in [2.75, 3.05) is 18.4 Å². The molecule has 8 heteroatoms. The first kappa shape index (κ1) is 19.0. The molecule has 3 heterocycles. The fourth-order valence-corrected chi connectivity index (χ4v) is 5.42. The highest BCUT2D eigenvalue weighted by Gasteiger charge is 2.32. The highest BCUT2D eigenvalue weighted by molar-refractivity contribution is 7.18. The Hall–Kier alpha value is -2.97. The van der Waals surface area contributed by atoms with Crippen molar-refractivity contribution in [1.82, 2.24) is 15.0 Å². The van der Waals surface area contributed by atoms with Crippen LogP contribution in [0.25, 0.3) is 21.3 Å². The number of thiazole rings is 1. The van der Waals surface area contributed by atoms with E-state index in [2.05, 4.69) is 33.5 Å². The van der Waals surface area contributed by atoms with E-state index in [9.17, 15) is 9.59 Å². The average Bonchev–Trinajstić information content (AvgIpc) is 3.35. The van der Waals surface area contributed by atoms with Crippen molar-refractivity contribution < 1.29 is 9.69 Å². The Kier molecular flexibility index (Phi) is 4.88. The third-order valence-corrected chi connectivity index (χ3v) is 7.28. The molecule has 0 radical (unpaired) electrons. The summed E-state index contributed by atoms with van der Waals surface area (Å²) in [5, 5.41) is 4.22. The first-order valence-corrected chi connectivity index (χ1v) is 11.1. The highest BCUT2D eigenvalue weighted by atomic mass is 32.1. The summed E-state index contributed by atoms with van der Waals surface area (Å²) in [4.78, 5) is 35.8. The quantitative estimate of drug-likeness (QED) is 0.406. The van der Waals surface area contributed by atoms with Gasteiger partial charge < -0.3 is 20.2 Å². The number of piperidine rings is 1. The summed E-state index contributed by atoms with van der Waals surface area (Å²) in [7, 11) is 0. The van der Waals surface area contributed by atoms with E-state index in [4.69, 9.17) is 4.98 Å². The summed E-state index contributed by atoms with van der Waals surface area (Å²) in [6.07, 6.45) is 2.09. The molecule has 5 rings (SSSR count). The van der Waals surface area contributed by atoms with E-state index >= 15 is 0 Å². The highest BCUT2D eigenvalue weighted by Crippen LogP contribution is 2.31. The van der Waals surface area contributed by atoms with Gasteiger partial charge in [-0.25, -0.2) is 9.78 Å². The molecule has 0 unspecified atom stereocenters. The Morgan fingerprint density at radius 3 is 2.73 bits per heavy atom. The average molecular weight is 423 g/mol. The summed E-state index contributed by atoms with van der Waals surface area (Å²) in [5.74, 6) is 0.481. The molecule has 0 saturated carbocycles. The molecule has 1 atom stereocenters. The first-order chi connectivity index (χ1) is 14.6. The van der Waals surface area contributed by atoms with Crippen molar-refractivity contribution in [3.05, 3.63) is 58.0 Å². The third-order valence-electron chi connectivity index (χ3n) is 6.08. The zero-order valence-corrected chi connectivity index (χ0v) is 17.5. The summed E-state index contributed by atoms with van der Waals surface area (Å²) >= 11 is 1.80. The monoisotopic (exact) mass is 422 g/mol. The molecule has 1 aliphatic rings. The van der Waals surface area contributed by atoms with Gasteiger partial charge in [0, 0.05) is 24.4 Å². The van der Waals surface area contributed by atoms with Crippen molar-refractivity contribution >= 4 is 44.2 Å². The Labute approximate surface area is 177 Å². The van der Waals surface area contributed by atoms with Crippen molar-refractivity contribution in [2.24, 2.45) is 0 Å². The lowest BCUT2D eigenvalue weighted by Crippen LogP contribution is -3.17. The van der Waals surface area contributed by atoms with Crippen LogP contribution in [-0.4, -0.2) is 40.0 Å². The maximum Gasteiger partial charge on any atom is 0.323 e. The normalized spacial score (nSPS) is 20.4. The van der Waals surface area contributed by atoms with Gasteiger partial charge in [-0.1, -0.05) is 12.1 Å². The number of benzene rings is 2. The van der Waals surface area contributed by atoms with Crippen LogP contribution in [0.5, 0.6) is 0 Å². The molecule has 0 spiro atoms. The van der Waals surface area contributed by atoms with Crippen molar-refractivity contribution in [3.63, 3.8) is 0 Å². The maximum absolute atomic E-state index is 12.8. The van der Waals surface area contributed by atoms with Crippen molar-refractivity contribution in [3.8, 4) is 0 Å². The van der Waals surface area contributed by atoms with Gasteiger partial charge in [-0.2, -0.15) is 0 Å². The third kappa shape index (κ3) is 3.64. The number of hydrogen-bond donors (Lipinski definition) is 4. The van der Waals surface area contributed by atoms with Gasteiger partial charge in [-0.3, -0.25) is 4.79 Å². The number of carbonyl (C=O) groups excluding carboxylic acids is 1. The lowest BCUT2D eigenvalue weighted by Gasteiger charge is -2.31. The molecule has 7 nitrogen and oxygen atoms in total. The van der Waals surface area contributed by atoms with E-state index in [1.165, 1.54) is 14.6 Å². The Balaban J connectivity index is 1.21. The molecular weight excluding hydrogens is 398 g/mol. The Morgan fingerprint density at radius 1 is 1.17 bits per heavy atom. The number of anilines is 1. The van der Waals surface area contributed by atoms with Gasteiger partial charge in [0.1, 0.15) is 0 Å². The second-order valence-electron chi connectivity index (χ2n) is 8.00. The summed E-state index contributed by atoms with van der Waals surface area (Å²) in [6.45, 7) is 3.90. The molecule has 2 aromatic carbocycles. The fraction of sp³-hybridized carbons (Fsp3) is 0.318. The van der Waals surface area contributed by atoms with E-state index < -0.39 is 0 Å². The molecule has 0 aliphatic carbocycles. The molecule has 30 heavy (non-hydrogen) atoms. The first-order valence-electron chi connectivity index (χ1n) is 10.3. The molecule has 4 N–H and O–H groups in total. The van der Waals surface area contributed by atoms with Crippen molar-refractivity contribution in [1.29, 1.82) is 0 Å². The summed E-state index contributed by atoms with van der Waals surface area (Å²) in [6, 6.07) is 13.5. The van der Waals surface area contributed by atoms with Crippen LogP contribution in [0.4, 0.5) is 5.69 Å². The van der Waals surface area contributed by atoms with Crippen molar-refractivity contribution in [2.45, 2.75) is 31.7 Å². The molecule has 2 aromatic heterocycles. The topological polar surface area (TPSA) is 95.1 Å². The van der Waals surface area contributed by atoms with Gasteiger partial charge in [0.2, 0.25) is 0 Å². The molecular formula is C22H24N5O2S+. The lowest BCUT2D eigenvalue weighted by atomic mass is 9.96. The van der Waals surface area contributed by atoms with Gasteiger partial charge in [0.05, 0.1) is 39.3 Å². The smallest absolute Gasteiger partial charge is 0.323 e. The van der Waals surface area contributed by atoms with Crippen LogP contribution >= 0.6 is 11.3 Å². The van der Waals surface area contributed by atoms with E-state index in [0.717, 1.165) is 37.0 Å². The molecule has 1 aliphatic heterocycles. The van der Waals surface area contributed by atoms with Crippen LogP contribution in [0.1, 0.15) is 30.7 Å². The number of para-hydroxylation sites is 1. The number of nitrogens with one attached hydrogen (secondary N) is 4. The second-order valence-corrected chi connectivity index (χ2v) is 9.07. The number of nitrogens with zero attached hydrogens (tertiary/aromatic N) is 1. The number of quaternary nitrogens is 1. The van der Waals surface area contributed by atoms with Gasteiger partial charge >= 0.3 is 5.69 Å². The number of fused-ring (bicyclic) bond motifs is 2. The molecule has 1 amide bonds. The summed E-state index contributed by atoms with van der Waals surface area (Å²) in [5.41, 5.74) is 2.95. The van der Waals surface area contributed by atoms with Crippen LogP contribution in [0.3, 0.4) is 0 Å².